The zero-order valence-corrected chi connectivity index (χ0v) is 18.6. The summed E-state index contributed by atoms with van der Waals surface area (Å²) in [5, 5.41) is 15.4. The van der Waals surface area contributed by atoms with Crippen molar-refractivity contribution >= 4 is 23.3 Å². The van der Waals surface area contributed by atoms with Gasteiger partial charge in [0.2, 0.25) is 0 Å². The molecule has 0 saturated carbocycles. The van der Waals surface area contributed by atoms with Gasteiger partial charge in [-0.1, -0.05) is 6.08 Å². The zero-order valence-electron chi connectivity index (χ0n) is 18.6. The number of aliphatic hydroxyl groups is 1. The summed E-state index contributed by atoms with van der Waals surface area (Å²) in [5.41, 5.74) is 6.10. The van der Waals surface area contributed by atoms with E-state index in [4.69, 9.17) is 10.8 Å². The molecule has 1 aromatic carbocycles. The largest absolute Gasteiger partial charge is 0.417 e. The quantitative estimate of drug-likeness (QED) is 0.460. The Bertz CT molecular complexity index is 1410. The van der Waals surface area contributed by atoms with Crippen molar-refractivity contribution < 1.29 is 27.9 Å². The normalized spacial score (nSPS) is 15.9. The number of nitrogens with one attached hydrogen (secondary N) is 1. The Balaban J connectivity index is 1.61. The summed E-state index contributed by atoms with van der Waals surface area (Å²) in [6.45, 7) is 1.55. The third kappa shape index (κ3) is 3.89. The van der Waals surface area contributed by atoms with E-state index in [9.17, 15) is 22.8 Å². The molecule has 1 atom stereocenters. The number of fused-ring (bicyclic) bond motifs is 2. The Labute approximate surface area is 197 Å². The van der Waals surface area contributed by atoms with Crippen molar-refractivity contribution in [3.8, 4) is 11.3 Å². The predicted molar refractivity (Wildman–Crippen MR) is 119 cm³/mol. The molecule has 182 valence electrons. The van der Waals surface area contributed by atoms with Crippen molar-refractivity contribution in [1.82, 2.24) is 24.8 Å². The second kappa shape index (κ2) is 8.08. The van der Waals surface area contributed by atoms with Crippen LogP contribution in [-0.2, 0) is 12.7 Å². The monoisotopic (exact) mass is 486 g/mol. The van der Waals surface area contributed by atoms with Crippen molar-refractivity contribution in [3.63, 3.8) is 0 Å². The Hall–Kier alpha value is -3.93. The minimum atomic E-state index is -4.76. The van der Waals surface area contributed by atoms with Crippen molar-refractivity contribution in [2.24, 2.45) is 0 Å². The van der Waals surface area contributed by atoms with Crippen molar-refractivity contribution in [1.29, 1.82) is 0 Å². The number of alkyl halides is 3. The van der Waals surface area contributed by atoms with Crippen LogP contribution in [0.4, 0.5) is 19.0 Å². The Kier molecular flexibility index (Phi) is 5.28. The number of nitrogens with zero attached hydrogens (tertiary/aromatic N) is 4. The third-order valence-corrected chi connectivity index (χ3v) is 6.22. The Morgan fingerprint density at radius 3 is 2.74 bits per heavy atom. The number of aliphatic hydroxyl groups excluding tert-OH is 1. The fourth-order valence-electron chi connectivity index (χ4n) is 4.35. The van der Waals surface area contributed by atoms with E-state index < -0.39 is 23.6 Å². The molecule has 2 aliphatic rings. The van der Waals surface area contributed by atoms with Crippen LogP contribution in [0, 0.1) is 0 Å². The van der Waals surface area contributed by atoms with Gasteiger partial charge in [-0.25, -0.2) is 9.50 Å². The molecule has 0 unspecified atom stereocenters. The number of anilines is 1. The lowest BCUT2D eigenvalue weighted by Crippen LogP contribution is -2.33. The minimum Gasteiger partial charge on any atom is -0.395 e. The van der Waals surface area contributed by atoms with Crippen LogP contribution < -0.4 is 11.1 Å². The van der Waals surface area contributed by atoms with E-state index in [0.29, 0.717) is 0 Å². The molecular formula is C23H21F3N6O3. The van der Waals surface area contributed by atoms with Crippen molar-refractivity contribution in [2.75, 3.05) is 18.9 Å². The lowest BCUT2D eigenvalue weighted by Gasteiger charge is -2.22. The lowest BCUT2D eigenvalue weighted by atomic mass is 9.97. The highest BCUT2D eigenvalue weighted by Crippen LogP contribution is 2.42. The summed E-state index contributed by atoms with van der Waals surface area (Å²) in [7, 11) is 0. The molecule has 0 radical (unpaired) electrons. The molecule has 12 heteroatoms. The summed E-state index contributed by atoms with van der Waals surface area (Å²) >= 11 is 0. The molecule has 3 heterocycles. The van der Waals surface area contributed by atoms with E-state index in [2.05, 4.69) is 15.4 Å². The second-order valence-corrected chi connectivity index (χ2v) is 8.47. The Morgan fingerprint density at radius 1 is 1.34 bits per heavy atom. The van der Waals surface area contributed by atoms with Gasteiger partial charge >= 0.3 is 6.18 Å². The van der Waals surface area contributed by atoms with Crippen LogP contribution in [0.15, 0.2) is 36.0 Å². The highest BCUT2D eigenvalue weighted by Gasteiger charge is 2.43. The zero-order chi connectivity index (χ0) is 25.1. The van der Waals surface area contributed by atoms with Crippen LogP contribution >= 0.6 is 0 Å². The molecule has 0 saturated heterocycles. The summed E-state index contributed by atoms with van der Waals surface area (Å²) in [5.74, 6) is -1.38. The van der Waals surface area contributed by atoms with Gasteiger partial charge in [0, 0.05) is 24.8 Å². The maximum Gasteiger partial charge on any atom is 0.417 e. The number of hydrogen-bond donors (Lipinski definition) is 3. The number of carbonyl (C=O) groups is 2. The summed E-state index contributed by atoms with van der Waals surface area (Å²) in [6.07, 6.45) is -0.613. The molecule has 1 aliphatic heterocycles. The van der Waals surface area contributed by atoms with Crippen LogP contribution in [0.25, 0.3) is 16.9 Å². The van der Waals surface area contributed by atoms with Gasteiger partial charge in [0.05, 0.1) is 29.5 Å². The first-order valence-corrected chi connectivity index (χ1v) is 10.9. The first-order valence-electron chi connectivity index (χ1n) is 10.9. The molecule has 4 N–H and O–H groups in total. The lowest BCUT2D eigenvalue weighted by molar-refractivity contribution is -0.137. The van der Waals surface area contributed by atoms with E-state index in [1.807, 2.05) is 6.08 Å². The van der Waals surface area contributed by atoms with Crippen LogP contribution in [0.2, 0.25) is 0 Å². The fourth-order valence-corrected chi connectivity index (χ4v) is 4.35. The van der Waals surface area contributed by atoms with Gasteiger partial charge in [0.15, 0.2) is 11.5 Å². The number of allylic oxidation sites excluding steroid dienone is 1. The number of amides is 2. The molecular weight excluding hydrogens is 465 g/mol. The number of hydrogen-bond acceptors (Lipinski definition) is 6. The van der Waals surface area contributed by atoms with Crippen LogP contribution in [0.1, 0.15) is 45.2 Å². The molecule has 3 aromatic rings. The fraction of sp³-hybridized carbons (Fsp3) is 0.304. The van der Waals surface area contributed by atoms with Gasteiger partial charge < -0.3 is 21.1 Å². The minimum absolute atomic E-state index is 0.0189. The number of aromatic nitrogens is 3. The van der Waals surface area contributed by atoms with Crippen molar-refractivity contribution in [2.45, 2.75) is 32.1 Å². The summed E-state index contributed by atoms with van der Waals surface area (Å²) in [6, 6.07) is 3.62. The molecule has 0 bridgehead atoms. The van der Waals surface area contributed by atoms with Gasteiger partial charge in [-0.05, 0) is 42.7 Å². The molecule has 0 spiro atoms. The number of nitrogens with two attached hydrogens (primary N) is 1. The molecule has 0 fully saturated rings. The second-order valence-electron chi connectivity index (χ2n) is 8.47. The van der Waals surface area contributed by atoms with Gasteiger partial charge in [-0.2, -0.15) is 13.2 Å². The average Bonchev–Trinajstić information content (AvgIpc) is 3.53. The number of rotatable bonds is 6. The van der Waals surface area contributed by atoms with E-state index in [-0.39, 0.29) is 65.2 Å². The standard InChI is InChI=1S/C23H21F3N6O3/c1-11(12-2-3-12)31-10-14-8-13(9-15(23(24,25)26)17(14)22(31)35)16-4-6-32-20(29-16)18(19(27)30-32)21(34)28-5-7-33/h2,4,6,8-9,11,33H,3,5,7,10H2,1H3,(H2,27,30)(H,28,34)/t11-/m0/s1. The molecule has 5 rings (SSSR count). The molecule has 2 amide bonds. The molecule has 9 nitrogen and oxygen atoms in total. The van der Waals surface area contributed by atoms with Crippen LogP contribution in [0.3, 0.4) is 0 Å². The number of carbonyl (C=O) groups excluding carboxylic acids is 2. The number of halogens is 3. The SMILES string of the molecule is C[C@@H](C1=CC1)N1Cc2cc(-c3ccn4nc(N)c(C(=O)NCCO)c4n3)cc(C(F)(F)F)c2C1=O. The van der Waals surface area contributed by atoms with Gasteiger partial charge in [0.1, 0.15) is 5.56 Å². The first kappa shape index (κ1) is 22.8. The molecule has 35 heavy (non-hydrogen) atoms. The summed E-state index contributed by atoms with van der Waals surface area (Å²) in [4.78, 5) is 31.3. The smallest absolute Gasteiger partial charge is 0.395 e. The summed E-state index contributed by atoms with van der Waals surface area (Å²) < 4.78 is 43.4. The highest BCUT2D eigenvalue weighted by atomic mass is 19.4. The van der Waals surface area contributed by atoms with Gasteiger partial charge in [0.25, 0.3) is 11.8 Å². The van der Waals surface area contributed by atoms with E-state index in [1.54, 1.807) is 6.92 Å². The highest BCUT2D eigenvalue weighted by molar-refractivity contribution is 6.04. The Morgan fingerprint density at radius 2 is 2.09 bits per heavy atom. The molecule has 2 aromatic heterocycles. The first-order chi connectivity index (χ1) is 16.6. The van der Waals surface area contributed by atoms with Gasteiger partial charge in [-0.3, -0.25) is 9.59 Å². The maximum absolute atomic E-state index is 14.0. The van der Waals surface area contributed by atoms with Crippen LogP contribution in [-0.4, -0.2) is 55.6 Å². The molecule has 1 aliphatic carbocycles. The third-order valence-electron chi connectivity index (χ3n) is 6.22. The van der Waals surface area contributed by atoms with Crippen LogP contribution in [0.5, 0.6) is 0 Å². The van der Waals surface area contributed by atoms with E-state index in [0.717, 1.165) is 18.1 Å². The van der Waals surface area contributed by atoms with Crippen molar-refractivity contribution in [3.05, 3.63) is 58.3 Å². The predicted octanol–water partition coefficient (Wildman–Crippen LogP) is 2.39. The van der Waals surface area contributed by atoms with E-state index >= 15 is 0 Å². The topological polar surface area (TPSA) is 126 Å². The average molecular weight is 486 g/mol. The van der Waals surface area contributed by atoms with E-state index in [1.165, 1.54) is 27.7 Å². The van der Waals surface area contributed by atoms with Gasteiger partial charge in [-0.15, -0.1) is 5.10 Å². The number of benzene rings is 1. The number of nitrogen functional groups attached to an aromatic ring is 1. The maximum atomic E-state index is 14.0.